The van der Waals surface area contributed by atoms with E-state index in [0.29, 0.717) is 6.54 Å². The van der Waals surface area contributed by atoms with Gasteiger partial charge in [-0.3, -0.25) is 5.01 Å². The van der Waals surface area contributed by atoms with E-state index in [1.165, 1.54) is 12.1 Å². The molecule has 0 amide bonds. The summed E-state index contributed by atoms with van der Waals surface area (Å²) < 4.78 is 40.7. The second kappa shape index (κ2) is 6.45. The molecular weight excluding hydrogens is 359 g/mol. The third kappa shape index (κ3) is 4.00. The van der Waals surface area contributed by atoms with E-state index in [-0.39, 0.29) is 17.8 Å². The van der Waals surface area contributed by atoms with Crippen molar-refractivity contribution in [3.05, 3.63) is 53.0 Å². The summed E-state index contributed by atoms with van der Waals surface area (Å²) in [4.78, 5) is 0. The van der Waals surface area contributed by atoms with E-state index in [1.54, 1.807) is 12.1 Å². The molecule has 0 aromatic heterocycles. The molecule has 0 saturated heterocycles. The molecule has 0 spiro atoms. The molecule has 142 valence electrons. The first-order valence-electron chi connectivity index (χ1n) is 8.55. The highest BCUT2D eigenvalue weighted by Crippen LogP contribution is 2.45. The predicted octanol–water partition coefficient (Wildman–Crippen LogP) is 2.12. The molecule has 1 saturated carbocycles. The molecule has 1 heterocycles. The maximum Gasteiger partial charge on any atom is 0.573 e. The molecule has 0 unspecified atom stereocenters. The summed E-state index contributed by atoms with van der Waals surface area (Å²) in [7, 11) is 0. The van der Waals surface area contributed by atoms with E-state index in [1.807, 2.05) is 29.4 Å². The minimum absolute atomic E-state index is 0.0531. The van der Waals surface area contributed by atoms with Crippen LogP contribution in [0.3, 0.4) is 0 Å². The van der Waals surface area contributed by atoms with Gasteiger partial charge in [0, 0.05) is 23.4 Å². The number of nitrogens with one attached hydrogen (secondary N) is 1. The quantitative estimate of drug-likeness (QED) is 0.838. The van der Waals surface area contributed by atoms with E-state index >= 15 is 0 Å². The zero-order chi connectivity index (χ0) is 19.1. The Morgan fingerprint density at radius 1 is 1.11 bits per heavy atom. The summed E-state index contributed by atoms with van der Waals surface area (Å²) in [6, 6.07) is 11.4. The lowest BCUT2D eigenvalue weighted by Gasteiger charge is -2.25. The molecule has 2 aromatic rings. The molecule has 1 aliphatic heterocycles. The van der Waals surface area contributed by atoms with Gasteiger partial charge in [-0.15, -0.1) is 13.2 Å². The monoisotopic (exact) mass is 377 g/mol. The van der Waals surface area contributed by atoms with Gasteiger partial charge in [-0.25, -0.2) is 5.53 Å². The number of hydrogen-bond acceptors (Lipinski definition) is 5. The maximum atomic E-state index is 12.3. The first-order valence-corrected chi connectivity index (χ1v) is 8.55. The smallest absolute Gasteiger partial charge is 0.406 e. The highest BCUT2D eigenvalue weighted by atomic mass is 19.4. The maximum absolute atomic E-state index is 12.3. The molecule has 0 atom stereocenters. The van der Waals surface area contributed by atoms with Crippen LogP contribution in [0.2, 0.25) is 0 Å². The number of aliphatic hydroxyl groups is 1. The highest BCUT2D eigenvalue weighted by molar-refractivity contribution is 5.64. The van der Waals surface area contributed by atoms with Gasteiger partial charge in [0.05, 0.1) is 12.0 Å². The van der Waals surface area contributed by atoms with Crippen LogP contribution in [-0.4, -0.2) is 29.6 Å². The van der Waals surface area contributed by atoms with Crippen molar-refractivity contribution in [1.82, 2.24) is 10.5 Å². The Morgan fingerprint density at radius 2 is 1.81 bits per heavy atom. The van der Waals surface area contributed by atoms with E-state index in [2.05, 4.69) is 15.4 Å². The summed E-state index contributed by atoms with van der Waals surface area (Å²) in [5, 5.41) is 17.4. The summed E-state index contributed by atoms with van der Waals surface area (Å²) in [6.07, 6.45) is -0.778. The molecule has 1 fully saturated rings. The molecule has 1 aliphatic carbocycles. The average Bonchev–Trinajstić information content (AvgIpc) is 3.40. The van der Waals surface area contributed by atoms with Crippen LogP contribution in [0.25, 0.3) is 17.3 Å². The number of hydrogen-bond donors (Lipinski definition) is 2. The van der Waals surface area contributed by atoms with Gasteiger partial charge in [0.25, 0.3) is 0 Å². The second-order valence-electron chi connectivity index (χ2n) is 6.97. The number of halogens is 3. The van der Waals surface area contributed by atoms with Gasteiger partial charge >= 0.3 is 6.36 Å². The van der Waals surface area contributed by atoms with Gasteiger partial charge in [0.15, 0.2) is 0 Å². The standard InChI is InChI=1S/C19H18F3N3O2/c20-19(21,22)27-16-4-1-13(2-5-16)14-3-6-17-15(9-14)10-25(24-23-17)11-18(12-26)7-8-18/h1-6,9-10,24,26H,7-8,11-12H2. The molecule has 27 heavy (non-hydrogen) atoms. The molecule has 2 aromatic carbocycles. The van der Waals surface area contributed by atoms with E-state index in [4.69, 9.17) is 0 Å². The molecule has 5 nitrogen and oxygen atoms in total. The van der Waals surface area contributed by atoms with Crippen molar-refractivity contribution in [2.45, 2.75) is 19.2 Å². The summed E-state index contributed by atoms with van der Waals surface area (Å²) in [6.45, 7) is 0.818. The van der Waals surface area contributed by atoms with Crippen molar-refractivity contribution in [3.8, 4) is 16.9 Å². The lowest BCUT2D eigenvalue weighted by molar-refractivity contribution is -0.274. The van der Waals surface area contributed by atoms with E-state index in [9.17, 15) is 18.3 Å². The summed E-state index contributed by atoms with van der Waals surface area (Å²) in [5.74, 6) is -0.250. The Morgan fingerprint density at radius 3 is 2.44 bits per heavy atom. The molecule has 4 rings (SSSR count). The lowest BCUT2D eigenvalue weighted by Crippen LogP contribution is -2.45. The van der Waals surface area contributed by atoms with Crippen molar-refractivity contribution in [2.75, 3.05) is 13.2 Å². The lowest BCUT2D eigenvalue weighted by atomic mass is 10.0. The topological polar surface area (TPSA) is 57.1 Å². The average molecular weight is 377 g/mol. The van der Waals surface area contributed by atoms with Crippen LogP contribution in [0.15, 0.2) is 47.6 Å². The van der Waals surface area contributed by atoms with Crippen LogP contribution in [0.5, 0.6) is 5.75 Å². The summed E-state index contributed by atoms with van der Waals surface area (Å²) in [5.41, 5.74) is 4.55. The largest absolute Gasteiger partial charge is 0.573 e. The molecule has 2 aliphatic rings. The molecule has 2 N–H and O–H groups in total. The van der Waals surface area contributed by atoms with Gasteiger partial charge in [0.1, 0.15) is 5.75 Å². The SMILES string of the molecule is OCC1(CN2C=c3cc(-c4ccc(OC(F)(F)F)cc4)ccc3=NN2)CC1. The fraction of sp³-hybridized carbons (Fsp3) is 0.316. The van der Waals surface area contributed by atoms with Crippen molar-refractivity contribution < 1.29 is 23.0 Å². The zero-order valence-corrected chi connectivity index (χ0v) is 14.3. The minimum atomic E-state index is -4.70. The van der Waals surface area contributed by atoms with Crippen LogP contribution in [0, 0.1) is 5.41 Å². The van der Waals surface area contributed by atoms with Crippen molar-refractivity contribution in [2.24, 2.45) is 10.5 Å². The third-order valence-corrected chi connectivity index (χ3v) is 4.84. The van der Waals surface area contributed by atoms with Crippen LogP contribution in [0.1, 0.15) is 12.8 Å². The van der Waals surface area contributed by atoms with Gasteiger partial charge in [-0.05, 0) is 48.2 Å². The van der Waals surface area contributed by atoms with Gasteiger partial charge in [-0.2, -0.15) is 5.10 Å². The van der Waals surface area contributed by atoms with Crippen molar-refractivity contribution in [1.29, 1.82) is 0 Å². The molecular formula is C19H18F3N3O2. The molecule has 0 radical (unpaired) electrons. The Kier molecular flexibility index (Phi) is 4.22. The fourth-order valence-corrected chi connectivity index (χ4v) is 3.09. The van der Waals surface area contributed by atoms with Gasteiger partial charge < -0.3 is 9.84 Å². The van der Waals surface area contributed by atoms with Crippen LogP contribution in [-0.2, 0) is 0 Å². The van der Waals surface area contributed by atoms with E-state index in [0.717, 1.165) is 34.5 Å². The highest BCUT2D eigenvalue weighted by Gasteiger charge is 2.43. The van der Waals surface area contributed by atoms with Gasteiger partial charge in [0.2, 0.25) is 0 Å². The molecule has 8 heteroatoms. The third-order valence-electron chi connectivity index (χ3n) is 4.84. The normalized spacial score (nSPS) is 17.3. The Bertz CT molecular complexity index is 954. The van der Waals surface area contributed by atoms with Crippen LogP contribution in [0.4, 0.5) is 13.2 Å². The predicted molar refractivity (Wildman–Crippen MR) is 92.4 cm³/mol. The number of alkyl halides is 3. The number of ether oxygens (including phenoxy) is 1. The number of rotatable bonds is 5. The van der Waals surface area contributed by atoms with Crippen LogP contribution >= 0.6 is 0 Å². The van der Waals surface area contributed by atoms with Crippen molar-refractivity contribution >= 4 is 6.20 Å². The minimum Gasteiger partial charge on any atom is -0.406 e. The Hall–Kier alpha value is -2.74. The fourth-order valence-electron chi connectivity index (χ4n) is 3.09. The van der Waals surface area contributed by atoms with Crippen molar-refractivity contribution in [3.63, 3.8) is 0 Å². The first-order chi connectivity index (χ1) is 12.9. The number of hydrazine groups is 1. The zero-order valence-electron chi connectivity index (χ0n) is 14.3. The van der Waals surface area contributed by atoms with E-state index < -0.39 is 6.36 Å². The summed E-state index contributed by atoms with van der Waals surface area (Å²) >= 11 is 0. The first kappa shape index (κ1) is 17.7. The Balaban J connectivity index is 1.57. The van der Waals surface area contributed by atoms with Crippen LogP contribution < -0.4 is 20.8 Å². The number of aliphatic hydroxyl groups excluding tert-OH is 1. The number of nitrogens with zero attached hydrogens (tertiary/aromatic N) is 2. The second-order valence-corrected chi connectivity index (χ2v) is 6.97. The Labute approximate surface area is 153 Å². The van der Waals surface area contributed by atoms with Gasteiger partial charge in [-0.1, -0.05) is 18.2 Å². The number of benzene rings is 2. The number of fused-ring (bicyclic) bond motifs is 1. The molecule has 0 bridgehead atoms.